The number of nitrogens with one attached hydrogen (secondary N) is 3. The van der Waals surface area contributed by atoms with Gasteiger partial charge in [0.25, 0.3) is 5.91 Å². The molecular formula is C21H20FN7OS. The van der Waals surface area contributed by atoms with Crippen molar-refractivity contribution in [1.82, 2.24) is 25.2 Å². The fraction of sp³-hybridized carbons (Fsp3) is 0.238. The van der Waals surface area contributed by atoms with Gasteiger partial charge < -0.3 is 20.9 Å². The van der Waals surface area contributed by atoms with E-state index in [9.17, 15) is 9.18 Å². The molecule has 1 atom stereocenters. The Morgan fingerprint density at radius 1 is 1.23 bits per heavy atom. The summed E-state index contributed by atoms with van der Waals surface area (Å²) in [4.78, 5) is 27.7. The van der Waals surface area contributed by atoms with E-state index in [0.717, 1.165) is 39.5 Å². The van der Waals surface area contributed by atoms with E-state index < -0.39 is 5.95 Å². The summed E-state index contributed by atoms with van der Waals surface area (Å²) in [6.07, 6.45) is 1.16. The van der Waals surface area contributed by atoms with Crippen LogP contribution in [0.1, 0.15) is 9.67 Å². The number of aromatic nitrogens is 3. The molecule has 1 aromatic carbocycles. The number of carbonyl (C=O) groups is 1. The predicted molar refractivity (Wildman–Crippen MR) is 121 cm³/mol. The van der Waals surface area contributed by atoms with Crippen LogP contribution in [0.25, 0.3) is 21.0 Å². The highest BCUT2D eigenvalue weighted by molar-refractivity contribution is 7.21. The summed E-state index contributed by atoms with van der Waals surface area (Å²) < 4.78 is 14.4. The lowest BCUT2D eigenvalue weighted by atomic mass is 10.1. The molecule has 4 aromatic rings. The minimum absolute atomic E-state index is 0.0225. The number of fused-ring (bicyclic) bond motifs is 5. The van der Waals surface area contributed by atoms with Gasteiger partial charge in [0.05, 0.1) is 17.2 Å². The molecule has 0 saturated heterocycles. The second kappa shape index (κ2) is 7.71. The van der Waals surface area contributed by atoms with Gasteiger partial charge in [-0.3, -0.25) is 4.79 Å². The summed E-state index contributed by atoms with van der Waals surface area (Å²) >= 11 is 1.48. The molecule has 0 bridgehead atoms. The number of rotatable bonds is 4. The highest BCUT2D eigenvalue weighted by Crippen LogP contribution is 2.41. The Labute approximate surface area is 181 Å². The van der Waals surface area contributed by atoms with Crippen LogP contribution in [0.15, 0.2) is 36.7 Å². The third kappa shape index (κ3) is 3.75. The molecule has 1 aliphatic rings. The molecule has 0 radical (unpaired) electrons. The number of nitrogens with zero attached hydrogens (tertiary/aromatic N) is 4. The number of pyridine rings is 1. The Bertz CT molecular complexity index is 1310. The first-order chi connectivity index (χ1) is 15.0. The monoisotopic (exact) mass is 437 g/mol. The SMILES string of the molecule is CN(C)C[C@@H]1CNc2c(sc3ccc4nc(Nc5cc(F)ncn5)ccc4c23)C(=O)N1. The standard InChI is InChI=1S/C21H20FN7OS/c1-29(2)9-11-8-23-19-18-12-3-6-16(28-17-7-15(22)24-10-25-17)27-13(12)4-5-14(18)31-20(19)21(30)26-11/h3-7,10-11,23H,8-9H2,1-2H3,(H,26,30)(H,24,25,27,28)/t11-/m0/s1. The zero-order valence-electron chi connectivity index (χ0n) is 16.9. The van der Waals surface area contributed by atoms with E-state index in [0.29, 0.717) is 23.1 Å². The molecule has 0 saturated carbocycles. The van der Waals surface area contributed by atoms with E-state index in [2.05, 4.69) is 35.8 Å². The first-order valence-electron chi connectivity index (χ1n) is 9.78. The van der Waals surface area contributed by atoms with Crippen LogP contribution in [-0.4, -0.2) is 59.0 Å². The van der Waals surface area contributed by atoms with Crippen LogP contribution >= 0.6 is 11.3 Å². The van der Waals surface area contributed by atoms with E-state index >= 15 is 0 Å². The Hall–Kier alpha value is -3.37. The molecule has 10 heteroatoms. The quantitative estimate of drug-likeness (QED) is 0.422. The van der Waals surface area contributed by atoms with Crippen molar-refractivity contribution in [2.24, 2.45) is 0 Å². The third-order valence-corrected chi connectivity index (χ3v) is 6.22. The molecule has 1 aliphatic heterocycles. The van der Waals surface area contributed by atoms with Gasteiger partial charge >= 0.3 is 0 Å². The van der Waals surface area contributed by atoms with Crippen LogP contribution in [0.4, 0.5) is 21.7 Å². The number of amides is 1. The summed E-state index contributed by atoms with van der Waals surface area (Å²) in [7, 11) is 3.98. The minimum Gasteiger partial charge on any atom is -0.381 e. The smallest absolute Gasteiger partial charge is 0.263 e. The van der Waals surface area contributed by atoms with E-state index in [1.807, 2.05) is 38.4 Å². The van der Waals surface area contributed by atoms with Crippen molar-refractivity contribution in [2.75, 3.05) is 37.8 Å². The number of hydrogen-bond donors (Lipinski definition) is 3. The highest BCUT2D eigenvalue weighted by Gasteiger charge is 2.26. The van der Waals surface area contributed by atoms with Crippen LogP contribution in [0.3, 0.4) is 0 Å². The van der Waals surface area contributed by atoms with Crippen molar-refractivity contribution in [2.45, 2.75) is 6.04 Å². The van der Waals surface area contributed by atoms with Gasteiger partial charge in [-0.15, -0.1) is 11.3 Å². The van der Waals surface area contributed by atoms with Gasteiger partial charge in [0.15, 0.2) is 0 Å². The molecule has 158 valence electrons. The van der Waals surface area contributed by atoms with Crippen molar-refractivity contribution < 1.29 is 9.18 Å². The molecule has 3 aromatic heterocycles. The van der Waals surface area contributed by atoms with Crippen LogP contribution in [0, 0.1) is 5.95 Å². The average molecular weight is 438 g/mol. The predicted octanol–water partition coefficient (Wildman–Crippen LogP) is 3.21. The molecule has 0 spiro atoms. The zero-order valence-corrected chi connectivity index (χ0v) is 17.8. The van der Waals surface area contributed by atoms with Gasteiger partial charge in [0, 0.05) is 34.6 Å². The largest absolute Gasteiger partial charge is 0.381 e. The number of thiophene rings is 1. The summed E-state index contributed by atoms with van der Waals surface area (Å²) in [6, 6.07) is 8.91. The van der Waals surface area contributed by atoms with Crippen molar-refractivity contribution in [3.05, 3.63) is 47.5 Å². The Kier molecular flexibility index (Phi) is 4.87. The van der Waals surface area contributed by atoms with Crippen molar-refractivity contribution >= 4 is 55.6 Å². The first-order valence-corrected chi connectivity index (χ1v) is 10.6. The molecule has 4 heterocycles. The molecule has 0 unspecified atom stereocenters. The Morgan fingerprint density at radius 2 is 2.10 bits per heavy atom. The fourth-order valence-electron chi connectivity index (χ4n) is 3.81. The Morgan fingerprint density at radius 3 is 2.90 bits per heavy atom. The topological polar surface area (TPSA) is 95.1 Å². The maximum absolute atomic E-state index is 13.3. The van der Waals surface area contributed by atoms with E-state index in [1.54, 1.807) is 0 Å². The summed E-state index contributed by atoms with van der Waals surface area (Å²) in [5.41, 5.74) is 1.62. The molecule has 1 amide bonds. The van der Waals surface area contributed by atoms with Crippen molar-refractivity contribution in [3.8, 4) is 0 Å². The third-order valence-electron chi connectivity index (χ3n) is 5.06. The van der Waals surface area contributed by atoms with Gasteiger partial charge in [0.2, 0.25) is 5.95 Å². The fourth-order valence-corrected chi connectivity index (χ4v) is 4.91. The lowest BCUT2D eigenvalue weighted by Gasteiger charge is -2.20. The van der Waals surface area contributed by atoms with Gasteiger partial charge in [-0.25, -0.2) is 15.0 Å². The second-order valence-corrected chi connectivity index (χ2v) is 8.72. The number of halogens is 1. The van der Waals surface area contributed by atoms with Crippen LogP contribution < -0.4 is 16.0 Å². The Balaban J connectivity index is 1.54. The second-order valence-electron chi connectivity index (χ2n) is 7.67. The number of likely N-dealkylation sites (N-methyl/N-ethyl adjacent to an activating group) is 1. The molecular weight excluding hydrogens is 417 g/mol. The van der Waals surface area contributed by atoms with E-state index in [4.69, 9.17) is 0 Å². The maximum Gasteiger partial charge on any atom is 0.263 e. The van der Waals surface area contributed by atoms with Gasteiger partial charge in [-0.05, 0) is 38.4 Å². The number of benzene rings is 1. The molecule has 0 aliphatic carbocycles. The van der Waals surface area contributed by atoms with Gasteiger partial charge in [-0.1, -0.05) is 0 Å². The number of anilines is 3. The summed E-state index contributed by atoms with van der Waals surface area (Å²) in [5, 5.41) is 11.5. The lowest BCUT2D eigenvalue weighted by molar-refractivity contribution is 0.0940. The van der Waals surface area contributed by atoms with Crippen LogP contribution in [-0.2, 0) is 0 Å². The molecule has 5 rings (SSSR count). The number of carbonyl (C=O) groups excluding carboxylic acids is 1. The normalized spacial score (nSPS) is 16.1. The van der Waals surface area contributed by atoms with Crippen molar-refractivity contribution in [1.29, 1.82) is 0 Å². The summed E-state index contributed by atoms with van der Waals surface area (Å²) in [6.45, 7) is 1.40. The van der Waals surface area contributed by atoms with Crippen LogP contribution in [0.5, 0.6) is 0 Å². The molecule has 3 N–H and O–H groups in total. The maximum atomic E-state index is 13.3. The molecule has 0 fully saturated rings. The van der Waals surface area contributed by atoms with Crippen molar-refractivity contribution in [3.63, 3.8) is 0 Å². The van der Waals surface area contributed by atoms with E-state index in [-0.39, 0.29) is 11.9 Å². The molecule has 8 nitrogen and oxygen atoms in total. The highest BCUT2D eigenvalue weighted by atomic mass is 32.1. The zero-order chi connectivity index (χ0) is 21.5. The average Bonchev–Trinajstić information content (AvgIpc) is 3.03. The number of hydrogen-bond acceptors (Lipinski definition) is 8. The lowest BCUT2D eigenvalue weighted by Crippen LogP contribution is -2.43. The van der Waals surface area contributed by atoms with E-state index in [1.165, 1.54) is 17.4 Å². The van der Waals surface area contributed by atoms with Gasteiger partial charge in [0.1, 0.15) is 22.8 Å². The van der Waals surface area contributed by atoms with Gasteiger partial charge in [-0.2, -0.15) is 4.39 Å². The minimum atomic E-state index is -0.613. The molecule has 31 heavy (non-hydrogen) atoms. The van der Waals surface area contributed by atoms with Crippen LogP contribution in [0.2, 0.25) is 0 Å². The summed E-state index contributed by atoms with van der Waals surface area (Å²) in [5.74, 6) is 0.203. The first kappa shape index (κ1) is 19.6.